The second-order valence-corrected chi connectivity index (χ2v) is 9.88. The Bertz CT molecular complexity index is 834. The lowest BCUT2D eigenvalue weighted by Crippen LogP contribution is -2.35. The molecular formula is C16H20N4O3S3. The highest BCUT2D eigenvalue weighted by Gasteiger charge is 2.25. The Morgan fingerprint density at radius 1 is 1.27 bits per heavy atom. The monoisotopic (exact) mass is 412 g/mol. The third kappa shape index (κ3) is 5.03. The van der Waals surface area contributed by atoms with E-state index in [2.05, 4.69) is 15.5 Å². The number of hydrogen-bond acceptors (Lipinski definition) is 7. The number of benzene rings is 1. The number of aromatic nitrogens is 2. The molecule has 1 saturated heterocycles. The standard InChI is InChI=1S/C16H20N4O3S3/c21-15(11-24-16-19-18-12-25-16)17-10-13-5-4-6-14(9-13)26(22,23)20-7-2-1-3-8-20/h4-6,9,12H,1-3,7-8,10-11H2,(H,17,21). The van der Waals surface area contributed by atoms with Crippen molar-refractivity contribution in [3.05, 3.63) is 35.3 Å². The molecule has 0 bridgehead atoms. The van der Waals surface area contributed by atoms with Crippen molar-refractivity contribution in [1.82, 2.24) is 19.8 Å². The molecule has 1 aromatic heterocycles. The fraction of sp³-hybridized carbons (Fsp3) is 0.438. The van der Waals surface area contributed by atoms with E-state index in [9.17, 15) is 13.2 Å². The average Bonchev–Trinajstić information content (AvgIpc) is 3.19. The number of thioether (sulfide) groups is 1. The molecule has 1 amide bonds. The van der Waals surface area contributed by atoms with Crippen LogP contribution in [0.5, 0.6) is 0 Å². The Kier molecular flexibility index (Phi) is 6.63. The van der Waals surface area contributed by atoms with Gasteiger partial charge in [0.05, 0.1) is 10.6 Å². The predicted octanol–water partition coefficient (Wildman–Crippen LogP) is 2.12. The Hall–Kier alpha value is -1.49. The molecule has 10 heteroatoms. The SMILES string of the molecule is O=C(CSc1nncs1)NCc1cccc(S(=O)(=O)N2CCCCC2)c1. The zero-order chi connectivity index (χ0) is 18.4. The van der Waals surface area contributed by atoms with Crippen molar-refractivity contribution in [2.24, 2.45) is 0 Å². The van der Waals surface area contributed by atoms with Crippen molar-refractivity contribution in [2.75, 3.05) is 18.8 Å². The van der Waals surface area contributed by atoms with Crippen LogP contribution in [0.1, 0.15) is 24.8 Å². The molecule has 3 rings (SSSR count). The van der Waals surface area contributed by atoms with Crippen LogP contribution in [0, 0.1) is 0 Å². The van der Waals surface area contributed by atoms with Gasteiger partial charge in [-0.05, 0) is 30.5 Å². The van der Waals surface area contributed by atoms with Crippen LogP contribution in [0.25, 0.3) is 0 Å². The predicted molar refractivity (Wildman–Crippen MR) is 102 cm³/mol. The molecule has 140 valence electrons. The number of rotatable bonds is 7. The van der Waals surface area contributed by atoms with E-state index in [0.717, 1.165) is 29.2 Å². The second-order valence-electron chi connectivity index (χ2n) is 5.88. The third-order valence-electron chi connectivity index (χ3n) is 4.01. The van der Waals surface area contributed by atoms with E-state index in [0.29, 0.717) is 19.6 Å². The summed E-state index contributed by atoms with van der Waals surface area (Å²) in [6, 6.07) is 6.78. The minimum Gasteiger partial charge on any atom is -0.351 e. The van der Waals surface area contributed by atoms with E-state index in [1.54, 1.807) is 28.0 Å². The average molecular weight is 413 g/mol. The molecule has 2 heterocycles. The highest BCUT2D eigenvalue weighted by atomic mass is 32.2. The van der Waals surface area contributed by atoms with Crippen molar-refractivity contribution in [2.45, 2.75) is 35.0 Å². The third-order valence-corrected chi connectivity index (χ3v) is 7.76. The minimum atomic E-state index is -3.46. The molecule has 1 N–H and O–H groups in total. The van der Waals surface area contributed by atoms with E-state index in [1.165, 1.54) is 23.1 Å². The van der Waals surface area contributed by atoms with E-state index in [1.807, 2.05) is 6.07 Å². The van der Waals surface area contributed by atoms with Gasteiger partial charge in [0.25, 0.3) is 0 Å². The molecule has 1 aromatic carbocycles. The maximum Gasteiger partial charge on any atom is 0.243 e. The number of carbonyl (C=O) groups is 1. The van der Waals surface area contributed by atoms with Crippen LogP contribution in [0.15, 0.2) is 39.0 Å². The van der Waals surface area contributed by atoms with Crippen molar-refractivity contribution in [3.63, 3.8) is 0 Å². The van der Waals surface area contributed by atoms with Gasteiger partial charge in [0.15, 0.2) is 4.34 Å². The fourth-order valence-corrected chi connectivity index (χ4v) is 5.58. The van der Waals surface area contributed by atoms with Gasteiger partial charge in [0.1, 0.15) is 5.51 Å². The highest BCUT2D eigenvalue weighted by molar-refractivity contribution is 8.01. The van der Waals surface area contributed by atoms with Gasteiger partial charge in [-0.2, -0.15) is 4.31 Å². The number of piperidine rings is 1. The topological polar surface area (TPSA) is 92.3 Å². The Balaban J connectivity index is 1.57. The summed E-state index contributed by atoms with van der Waals surface area (Å²) in [5.74, 6) is 0.121. The summed E-state index contributed by atoms with van der Waals surface area (Å²) >= 11 is 2.71. The highest BCUT2D eigenvalue weighted by Crippen LogP contribution is 2.21. The molecular weight excluding hydrogens is 392 g/mol. The molecule has 2 aromatic rings. The van der Waals surface area contributed by atoms with Crippen molar-refractivity contribution in [1.29, 1.82) is 0 Å². The lowest BCUT2D eigenvalue weighted by Gasteiger charge is -2.26. The van der Waals surface area contributed by atoms with Crippen LogP contribution in [-0.2, 0) is 21.4 Å². The van der Waals surface area contributed by atoms with Crippen molar-refractivity contribution in [3.8, 4) is 0 Å². The number of nitrogens with one attached hydrogen (secondary N) is 1. The van der Waals surface area contributed by atoms with Gasteiger partial charge in [-0.25, -0.2) is 8.42 Å². The van der Waals surface area contributed by atoms with Crippen molar-refractivity contribution >= 4 is 39.0 Å². The normalized spacial score (nSPS) is 15.7. The largest absolute Gasteiger partial charge is 0.351 e. The first-order chi connectivity index (χ1) is 12.6. The zero-order valence-electron chi connectivity index (χ0n) is 14.1. The van der Waals surface area contributed by atoms with Crippen LogP contribution in [0.2, 0.25) is 0 Å². The maximum absolute atomic E-state index is 12.7. The summed E-state index contributed by atoms with van der Waals surface area (Å²) in [5.41, 5.74) is 2.38. The van der Waals surface area contributed by atoms with Gasteiger partial charge in [-0.3, -0.25) is 4.79 Å². The summed E-state index contributed by atoms with van der Waals surface area (Å²) in [6.45, 7) is 1.44. The van der Waals surface area contributed by atoms with Crippen LogP contribution >= 0.6 is 23.1 Å². The molecule has 1 fully saturated rings. The fourth-order valence-electron chi connectivity index (χ4n) is 2.68. The second kappa shape index (κ2) is 8.94. The number of carbonyl (C=O) groups excluding carboxylic acids is 1. The first-order valence-electron chi connectivity index (χ1n) is 8.30. The zero-order valence-corrected chi connectivity index (χ0v) is 16.6. The molecule has 1 aliphatic rings. The van der Waals surface area contributed by atoms with Crippen molar-refractivity contribution < 1.29 is 13.2 Å². The van der Waals surface area contributed by atoms with Gasteiger partial charge in [-0.15, -0.1) is 10.2 Å². The smallest absolute Gasteiger partial charge is 0.243 e. The molecule has 0 aliphatic carbocycles. The summed E-state index contributed by atoms with van der Waals surface area (Å²) < 4.78 is 27.8. The van der Waals surface area contributed by atoms with Gasteiger partial charge in [0.2, 0.25) is 15.9 Å². The first-order valence-corrected chi connectivity index (χ1v) is 11.6. The molecule has 0 atom stereocenters. The minimum absolute atomic E-state index is 0.130. The molecule has 0 spiro atoms. The summed E-state index contributed by atoms with van der Waals surface area (Å²) in [6.07, 6.45) is 2.88. The Morgan fingerprint density at radius 2 is 2.08 bits per heavy atom. The summed E-state index contributed by atoms with van der Waals surface area (Å²) in [7, 11) is -3.46. The van der Waals surface area contributed by atoms with E-state index < -0.39 is 10.0 Å². The molecule has 7 nitrogen and oxygen atoms in total. The van der Waals surface area contributed by atoms with E-state index in [-0.39, 0.29) is 16.6 Å². The number of hydrogen-bond donors (Lipinski definition) is 1. The van der Waals surface area contributed by atoms with Gasteiger partial charge in [-0.1, -0.05) is 41.7 Å². The molecule has 0 unspecified atom stereocenters. The first kappa shape index (κ1) is 19.3. The maximum atomic E-state index is 12.7. The number of sulfonamides is 1. The van der Waals surface area contributed by atoms with E-state index in [4.69, 9.17) is 0 Å². The van der Waals surface area contributed by atoms with Crippen LogP contribution in [-0.4, -0.2) is 47.7 Å². The number of nitrogens with zero attached hydrogens (tertiary/aromatic N) is 3. The molecule has 0 saturated carbocycles. The lowest BCUT2D eigenvalue weighted by atomic mass is 10.2. The van der Waals surface area contributed by atoms with Gasteiger partial charge >= 0.3 is 0 Å². The Morgan fingerprint density at radius 3 is 2.81 bits per heavy atom. The molecule has 1 aliphatic heterocycles. The summed E-state index contributed by atoms with van der Waals surface area (Å²) in [5, 5.41) is 10.4. The van der Waals surface area contributed by atoms with Gasteiger partial charge < -0.3 is 5.32 Å². The van der Waals surface area contributed by atoms with Crippen LogP contribution in [0.4, 0.5) is 0 Å². The quantitative estimate of drug-likeness (QED) is 0.701. The van der Waals surface area contributed by atoms with Crippen LogP contribution < -0.4 is 5.32 Å². The van der Waals surface area contributed by atoms with Gasteiger partial charge in [0, 0.05) is 19.6 Å². The molecule has 0 radical (unpaired) electrons. The van der Waals surface area contributed by atoms with E-state index >= 15 is 0 Å². The summed E-state index contributed by atoms with van der Waals surface area (Å²) in [4.78, 5) is 12.2. The van der Waals surface area contributed by atoms with Crippen LogP contribution in [0.3, 0.4) is 0 Å². The Labute approximate surface area is 161 Å². The number of amides is 1. The molecule has 26 heavy (non-hydrogen) atoms. The lowest BCUT2D eigenvalue weighted by molar-refractivity contribution is -0.118.